The molecule has 16 heavy (non-hydrogen) atoms. The van der Waals surface area contributed by atoms with E-state index in [1.54, 1.807) is 6.07 Å². The number of anilines is 1. The van der Waals surface area contributed by atoms with E-state index in [-0.39, 0.29) is 19.0 Å². The molecule has 1 aromatic rings. The highest BCUT2D eigenvalue weighted by Gasteiger charge is 2.63. The number of aromatic nitrogens is 2. The van der Waals surface area contributed by atoms with Gasteiger partial charge < -0.3 is 20.7 Å². The lowest BCUT2D eigenvalue weighted by Gasteiger charge is -2.13. The largest absolute Gasteiger partial charge is 0.394 e. The van der Waals surface area contributed by atoms with Gasteiger partial charge in [-0.15, -0.1) is 0 Å². The van der Waals surface area contributed by atoms with E-state index in [1.165, 1.54) is 4.57 Å². The van der Waals surface area contributed by atoms with Crippen LogP contribution in [0.1, 0.15) is 5.69 Å². The highest BCUT2D eigenvalue weighted by Crippen LogP contribution is 2.48. The molecule has 4 N–H and O–H groups in total. The summed E-state index contributed by atoms with van der Waals surface area (Å²) in [5.41, 5.74) is 4.74. The van der Waals surface area contributed by atoms with Crippen molar-refractivity contribution in [3.8, 4) is 0 Å². The zero-order valence-electron chi connectivity index (χ0n) is 8.33. The number of aliphatic hydroxyl groups excluding tert-OH is 2. The Morgan fingerprint density at radius 2 is 2.50 bits per heavy atom. The quantitative estimate of drug-likeness (QED) is 0.493. The van der Waals surface area contributed by atoms with E-state index in [0.29, 0.717) is 5.69 Å². The van der Waals surface area contributed by atoms with Gasteiger partial charge in [0.15, 0.2) is 0 Å². The van der Waals surface area contributed by atoms with E-state index in [2.05, 4.69) is 4.98 Å². The number of ether oxygens (including phenoxy) is 1. The molecule has 3 atom stereocenters. The van der Waals surface area contributed by atoms with Crippen molar-refractivity contribution in [2.75, 3.05) is 18.9 Å². The van der Waals surface area contributed by atoms with Crippen LogP contribution in [0.2, 0.25) is 0 Å². The lowest BCUT2D eigenvalue weighted by Crippen LogP contribution is -2.37. The molecule has 86 valence electrons. The van der Waals surface area contributed by atoms with Crippen LogP contribution in [0.4, 0.5) is 5.82 Å². The Morgan fingerprint density at radius 1 is 1.75 bits per heavy atom. The molecule has 7 nitrogen and oxygen atoms in total. The number of fused-ring (bicyclic) bond motifs is 3. The number of hydrogen-bond acceptors (Lipinski definition) is 6. The van der Waals surface area contributed by atoms with Crippen molar-refractivity contribution in [3.63, 3.8) is 0 Å². The number of nitrogens with two attached hydrogens (primary N) is 1. The molecule has 1 aromatic heterocycles. The minimum absolute atomic E-state index is 0.132. The lowest BCUT2D eigenvalue weighted by molar-refractivity contribution is 0.00147. The van der Waals surface area contributed by atoms with Crippen LogP contribution in [0.25, 0.3) is 0 Å². The van der Waals surface area contributed by atoms with Crippen LogP contribution >= 0.6 is 0 Å². The maximum absolute atomic E-state index is 11.5. The van der Waals surface area contributed by atoms with Crippen LogP contribution in [0.15, 0.2) is 10.9 Å². The van der Waals surface area contributed by atoms with Crippen LogP contribution < -0.4 is 11.4 Å². The molecule has 1 spiro atoms. The van der Waals surface area contributed by atoms with Gasteiger partial charge in [0.05, 0.1) is 18.9 Å². The van der Waals surface area contributed by atoms with Crippen molar-refractivity contribution in [2.45, 2.75) is 17.7 Å². The molecule has 1 fully saturated rings. The summed E-state index contributed by atoms with van der Waals surface area (Å²) in [7, 11) is 0. The molecule has 2 aliphatic heterocycles. The van der Waals surface area contributed by atoms with Crippen molar-refractivity contribution >= 4 is 5.82 Å². The van der Waals surface area contributed by atoms with Crippen LogP contribution in [-0.4, -0.2) is 45.2 Å². The fourth-order valence-corrected chi connectivity index (χ4v) is 2.41. The molecule has 2 unspecified atom stereocenters. The summed E-state index contributed by atoms with van der Waals surface area (Å²) in [6.45, 7) is -0.117. The summed E-state index contributed by atoms with van der Waals surface area (Å²) >= 11 is 0. The monoisotopic (exact) mass is 225 g/mol. The number of nitrogens with zero attached hydrogens (tertiary/aromatic N) is 2. The Bertz CT molecular complexity index is 514. The Kier molecular flexibility index (Phi) is 1.72. The van der Waals surface area contributed by atoms with Gasteiger partial charge in [-0.05, 0) is 0 Å². The van der Waals surface area contributed by atoms with Crippen molar-refractivity contribution < 1.29 is 14.9 Å². The average Bonchev–Trinajstić information content (AvgIpc) is 2.75. The fraction of sp³-hybridized carbons (Fsp3) is 0.556. The predicted octanol–water partition coefficient (Wildman–Crippen LogP) is -2.37. The maximum atomic E-state index is 11.5. The first-order valence-electron chi connectivity index (χ1n) is 4.92. The second-order valence-corrected chi connectivity index (χ2v) is 4.09. The van der Waals surface area contributed by atoms with Gasteiger partial charge in [-0.25, -0.2) is 4.79 Å². The smallest absolute Gasteiger partial charge is 0.350 e. The fourth-order valence-electron chi connectivity index (χ4n) is 2.41. The van der Waals surface area contributed by atoms with Crippen molar-refractivity contribution in [3.05, 3.63) is 22.2 Å². The molecular formula is C9H11N3O4. The third-order valence-corrected chi connectivity index (χ3v) is 3.27. The Labute approximate surface area is 90.1 Å². The topological polar surface area (TPSA) is 111 Å². The minimum atomic E-state index is -0.936. The van der Waals surface area contributed by atoms with Crippen LogP contribution in [-0.2, 0) is 10.3 Å². The zero-order chi connectivity index (χ0) is 11.5. The second-order valence-electron chi connectivity index (χ2n) is 4.09. The summed E-state index contributed by atoms with van der Waals surface area (Å²) < 4.78 is 6.61. The van der Waals surface area contributed by atoms with E-state index in [9.17, 15) is 9.90 Å². The normalized spacial score (nSPS) is 35.4. The third-order valence-electron chi connectivity index (χ3n) is 3.27. The van der Waals surface area contributed by atoms with E-state index in [1.807, 2.05) is 0 Å². The number of aliphatic hydroxyl groups is 2. The van der Waals surface area contributed by atoms with Gasteiger partial charge >= 0.3 is 5.69 Å². The summed E-state index contributed by atoms with van der Waals surface area (Å²) in [5.74, 6) is 0.132. The zero-order valence-corrected chi connectivity index (χ0v) is 8.33. The second kappa shape index (κ2) is 2.82. The number of hydrogen-bond donors (Lipinski definition) is 3. The van der Waals surface area contributed by atoms with Gasteiger partial charge in [-0.3, -0.25) is 4.57 Å². The molecule has 2 aliphatic rings. The molecule has 7 heteroatoms. The molecule has 0 bridgehead atoms. The van der Waals surface area contributed by atoms with Crippen LogP contribution in [0.5, 0.6) is 0 Å². The van der Waals surface area contributed by atoms with Gasteiger partial charge in [0.2, 0.25) is 0 Å². The molecule has 3 heterocycles. The van der Waals surface area contributed by atoms with E-state index in [4.69, 9.17) is 15.6 Å². The van der Waals surface area contributed by atoms with E-state index >= 15 is 0 Å². The van der Waals surface area contributed by atoms with Crippen LogP contribution in [0.3, 0.4) is 0 Å². The molecule has 0 aromatic carbocycles. The summed E-state index contributed by atoms with van der Waals surface area (Å²) in [6.07, 6.45) is -1.60. The molecule has 3 rings (SSSR count). The van der Waals surface area contributed by atoms with Crippen molar-refractivity contribution in [1.29, 1.82) is 0 Å². The maximum Gasteiger partial charge on any atom is 0.350 e. The van der Waals surface area contributed by atoms with Crippen molar-refractivity contribution in [1.82, 2.24) is 9.55 Å². The summed E-state index contributed by atoms with van der Waals surface area (Å²) in [6, 6.07) is 1.55. The number of rotatable bonds is 1. The molecule has 0 radical (unpaired) electrons. The first-order valence-corrected chi connectivity index (χ1v) is 4.92. The molecule has 0 saturated carbocycles. The Balaban J connectivity index is 2.07. The van der Waals surface area contributed by atoms with Gasteiger partial charge in [-0.2, -0.15) is 4.98 Å². The Morgan fingerprint density at radius 3 is 3.12 bits per heavy atom. The molecule has 0 aliphatic carbocycles. The van der Waals surface area contributed by atoms with Gasteiger partial charge in [0.25, 0.3) is 0 Å². The first-order chi connectivity index (χ1) is 7.61. The standard InChI is InChI=1S/C9H11N3O4/c10-6-1-5-9(12(5)8(15)11-6)3-16-4(2-13)7(9)14/h1,4,7,13-14H,2-3H2,(H2,10,11,15)/t4-,7?,9?,12?/m1/s1. The molecule has 0 amide bonds. The van der Waals surface area contributed by atoms with Crippen molar-refractivity contribution in [2.24, 2.45) is 0 Å². The van der Waals surface area contributed by atoms with Gasteiger partial charge in [-0.1, -0.05) is 0 Å². The van der Waals surface area contributed by atoms with Gasteiger partial charge in [0, 0.05) is 6.07 Å². The Hall–Kier alpha value is -1.44. The predicted molar refractivity (Wildman–Crippen MR) is 52.8 cm³/mol. The molecular weight excluding hydrogens is 214 g/mol. The van der Waals surface area contributed by atoms with Gasteiger partial charge in [0.1, 0.15) is 23.6 Å². The van der Waals surface area contributed by atoms with E-state index < -0.39 is 23.4 Å². The summed E-state index contributed by atoms with van der Waals surface area (Å²) in [4.78, 5) is 15.1. The lowest BCUT2D eigenvalue weighted by atomic mass is 9.98. The highest BCUT2D eigenvalue weighted by molar-refractivity contribution is 5.44. The third kappa shape index (κ3) is 0.927. The average molecular weight is 225 g/mol. The SMILES string of the molecule is Nc1cc2n(c(=O)n1)C21CO[C@H](CO)C1O. The highest BCUT2D eigenvalue weighted by atomic mass is 16.5. The number of nitrogen functional groups attached to an aromatic ring is 1. The van der Waals surface area contributed by atoms with Crippen LogP contribution in [0, 0.1) is 0 Å². The minimum Gasteiger partial charge on any atom is -0.394 e. The summed E-state index contributed by atoms with van der Waals surface area (Å²) in [5, 5.41) is 19.0. The van der Waals surface area contributed by atoms with E-state index in [0.717, 1.165) is 0 Å². The first kappa shape index (κ1) is 9.76. The molecule has 1 saturated heterocycles.